The van der Waals surface area contributed by atoms with E-state index in [2.05, 4.69) is 10.0 Å². The first-order valence-corrected chi connectivity index (χ1v) is 10.4. The molecule has 0 aliphatic rings. The number of ether oxygens (including phenoxy) is 1. The summed E-state index contributed by atoms with van der Waals surface area (Å²) in [6.07, 6.45) is 0. The van der Waals surface area contributed by atoms with Gasteiger partial charge in [0.2, 0.25) is 0 Å². The zero-order valence-electron chi connectivity index (χ0n) is 16.4. The van der Waals surface area contributed by atoms with E-state index in [9.17, 15) is 13.2 Å². The largest absolute Gasteiger partial charge is 0.495 e. The zero-order chi connectivity index (χ0) is 21.0. The molecule has 0 radical (unpaired) electrons. The van der Waals surface area contributed by atoms with Crippen molar-refractivity contribution in [3.63, 3.8) is 0 Å². The van der Waals surface area contributed by atoms with Crippen LogP contribution in [0.15, 0.2) is 71.6 Å². The normalized spacial score (nSPS) is 11.0. The van der Waals surface area contributed by atoms with E-state index in [1.165, 1.54) is 25.3 Å². The molecule has 0 fully saturated rings. The lowest BCUT2D eigenvalue weighted by atomic mass is 10.1. The third kappa shape index (κ3) is 4.94. The second kappa shape index (κ2) is 8.36. The first-order chi connectivity index (χ1) is 13.8. The first kappa shape index (κ1) is 20.4. The van der Waals surface area contributed by atoms with Gasteiger partial charge in [-0.15, -0.1) is 0 Å². The Bertz CT molecular complexity index is 1120. The van der Waals surface area contributed by atoms with E-state index in [4.69, 9.17) is 4.74 Å². The third-order valence-electron chi connectivity index (χ3n) is 4.35. The van der Waals surface area contributed by atoms with Crippen molar-refractivity contribution in [2.24, 2.45) is 0 Å². The molecule has 0 saturated heterocycles. The third-order valence-corrected chi connectivity index (χ3v) is 5.73. The lowest BCUT2D eigenvalue weighted by molar-refractivity contribution is 0.102. The highest BCUT2D eigenvalue weighted by Gasteiger charge is 2.18. The molecule has 6 nitrogen and oxygen atoms in total. The molecule has 0 aromatic heterocycles. The smallest absolute Gasteiger partial charge is 0.261 e. The van der Waals surface area contributed by atoms with Crippen LogP contribution in [-0.2, 0) is 10.0 Å². The molecular weight excluding hydrogens is 388 g/mol. The maximum Gasteiger partial charge on any atom is 0.261 e. The van der Waals surface area contributed by atoms with E-state index in [0.717, 1.165) is 11.1 Å². The summed E-state index contributed by atoms with van der Waals surface area (Å²) in [7, 11) is -2.38. The lowest BCUT2D eigenvalue weighted by Gasteiger charge is -2.14. The summed E-state index contributed by atoms with van der Waals surface area (Å²) in [4.78, 5) is 12.6. The van der Waals surface area contributed by atoms with E-state index in [0.29, 0.717) is 17.0 Å². The Morgan fingerprint density at radius 3 is 2.03 bits per heavy atom. The summed E-state index contributed by atoms with van der Waals surface area (Å²) < 4.78 is 33.3. The lowest BCUT2D eigenvalue weighted by Crippen LogP contribution is -2.15. The molecule has 3 aromatic carbocycles. The van der Waals surface area contributed by atoms with Crippen LogP contribution in [0.5, 0.6) is 5.75 Å². The molecule has 3 rings (SSSR count). The number of benzene rings is 3. The number of anilines is 2. The Labute approximate surface area is 170 Å². The molecular formula is C22H22N2O4S. The molecule has 0 saturated carbocycles. The second-order valence-corrected chi connectivity index (χ2v) is 8.34. The highest BCUT2D eigenvalue weighted by Crippen LogP contribution is 2.29. The van der Waals surface area contributed by atoms with Crippen LogP contribution < -0.4 is 14.8 Å². The topological polar surface area (TPSA) is 84.5 Å². The van der Waals surface area contributed by atoms with Gasteiger partial charge in [-0.3, -0.25) is 9.52 Å². The van der Waals surface area contributed by atoms with E-state index in [1.54, 1.807) is 24.3 Å². The molecule has 2 N–H and O–H groups in total. The maximum absolute atomic E-state index is 12.8. The summed E-state index contributed by atoms with van der Waals surface area (Å²) >= 11 is 0. The van der Waals surface area contributed by atoms with Crippen LogP contribution in [0.3, 0.4) is 0 Å². The first-order valence-electron chi connectivity index (χ1n) is 8.94. The number of carbonyl (C=O) groups excluding carboxylic acids is 1. The van der Waals surface area contributed by atoms with E-state index >= 15 is 0 Å². The van der Waals surface area contributed by atoms with Crippen LogP contribution >= 0.6 is 0 Å². The fourth-order valence-corrected chi connectivity index (χ4v) is 3.77. The van der Waals surface area contributed by atoms with Gasteiger partial charge in [0.25, 0.3) is 15.9 Å². The molecule has 1 amide bonds. The molecule has 0 bridgehead atoms. The molecule has 3 aromatic rings. The van der Waals surface area contributed by atoms with Crippen LogP contribution in [0.25, 0.3) is 0 Å². The highest BCUT2D eigenvalue weighted by molar-refractivity contribution is 7.92. The number of rotatable bonds is 6. The molecule has 29 heavy (non-hydrogen) atoms. The number of hydrogen-bond donors (Lipinski definition) is 2. The zero-order valence-corrected chi connectivity index (χ0v) is 17.2. The SMILES string of the molecule is COc1ccc(S(=O)(=O)Nc2ccc(C)cc2)cc1NC(=O)c1ccc(C)cc1. The highest BCUT2D eigenvalue weighted by atomic mass is 32.2. The fraction of sp³-hybridized carbons (Fsp3) is 0.136. The van der Waals surface area contributed by atoms with Crippen molar-refractivity contribution >= 4 is 27.3 Å². The van der Waals surface area contributed by atoms with Gasteiger partial charge in [0.1, 0.15) is 5.75 Å². The summed E-state index contributed by atoms with van der Waals surface area (Å²) in [6, 6.07) is 18.4. The van der Waals surface area contributed by atoms with Crippen LogP contribution in [0.4, 0.5) is 11.4 Å². The summed E-state index contributed by atoms with van der Waals surface area (Å²) in [5.41, 5.74) is 3.25. The van der Waals surface area contributed by atoms with Crippen LogP contribution in [0.2, 0.25) is 0 Å². The Hall–Kier alpha value is -3.32. The molecule has 150 valence electrons. The van der Waals surface area contributed by atoms with Crippen LogP contribution in [-0.4, -0.2) is 21.4 Å². The van der Waals surface area contributed by atoms with Crippen LogP contribution in [0, 0.1) is 13.8 Å². The Balaban J connectivity index is 1.88. The summed E-state index contributed by atoms with van der Waals surface area (Å²) in [5.74, 6) is 0.00379. The average molecular weight is 410 g/mol. The van der Waals surface area contributed by atoms with Crippen LogP contribution in [0.1, 0.15) is 21.5 Å². The van der Waals surface area contributed by atoms with Crippen molar-refractivity contribution in [3.05, 3.63) is 83.4 Å². The predicted octanol–water partition coefficient (Wildman–Crippen LogP) is 4.37. The number of aryl methyl sites for hydroxylation is 2. The molecule has 0 heterocycles. The second-order valence-electron chi connectivity index (χ2n) is 6.65. The maximum atomic E-state index is 12.8. The predicted molar refractivity (Wildman–Crippen MR) is 114 cm³/mol. The van der Waals surface area contributed by atoms with Crippen molar-refractivity contribution in [2.45, 2.75) is 18.7 Å². The number of amides is 1. The van der Waals surface area contributed by atoms with Crippen molar-refractivity contribution in [1.29, 1.82) is 0 Å². The average Bonchev–Trinajstić information content (AvgIpc) is 2.70. The van der Waals surface area contributed by atoms with Gasteiger partial charge in [0.05, 0.1) is 17.7 Å². The molecule has 0 aliphatic carbocycles. The monoisotopic (exact) mass is 410 g/mol. The number of methoxy groups -OCH3 is 1. The molecule has 0 spiro atoms. The molecule has 7 heteroatoms. The minimum absolute atomic E-state index is 0.0121. The minimum atomic E-state index is -3.84. The van der Waals surface area contributed by atoms with Gasteiger partial charge in [0.15, 0.2) is 0 Å². The van der Waals surface area contributed by atoms with Gasteiger partial charge in [-0.2, -0.15) is 0 Å². The van der Waals surface area contributed by atoms with E-state index < -0.39 is 10.0 Å². The van der Waals surface area contributed by atoms with Crippen molar-refractivity contribution in [1.82, 2.24) is 0 Å². The quantitative estimate of drug-likeness (QED) is 0.632. The minimum Gasteiger partial charge on any atom is -0.495 e. The van der Waals surface area contributed by atoms with Crippen molar-refractivity contribution in [2.75, 3.05) is 17.1 Å². The summed E-state index contributed by atoms with van der Waals surface area (Å²) in [6.45, 7) is 3.85. The number of carbonyl (C=O) groups is 1. The number of sulfonamides is 1. The number of hydrogen-bond acceptors (Lipinski definition) is 4. The van der Waals surface area contributed by atoms with Crippen molar-refractivity contribution in [3.8, 4) is 5.75 Å². The van der Waals surface area contributed by atoms with E-state index in [-0.39, 0.29) is 16.5 Å². The molecule has 0 aliphatic heterocycles. The van der Waals surface area contributed by atoms with E-state index in [1.807, 2.05) is 38.1 Å². The molecule has 0 unspecified atom stereocenters. The van der Waals surface area contributed by atoms with Gasteiger partial charge < -0.3 is 10.1 Å². The van der Waals surface area contributed by atoms with Gasteiger partial charge in [-0.1, -0.05) is 35.4 Å². The summed E-state index contributed by atoms with van der Waals surface area (Å²) in [5, 5.41) is 2.72. The molecule has 0 atom stereocenters. The number of nitrogens with one attached hydrogen (secondary N) is 2. The van der Waals surface area contributed by atoms with Gasteiger partial charge in [-0.05, 0) is 56.3 Å². The Morgan fingerprint density at radius 2 is 1.45 bits per heavy atom. The van der Waals surface area contributed by atoms with Gasteiger partial charge in [-0.25, -0.2) is 8.42 Å². The van der Waals surface area contributed by atoms with Crippen molar-refractivity contribution < 1.29 is 17.9 Å². The Morgan fingerprint density at radius 1 is 0.862 bits per heavy atom. The fourth-order valence-electron chi connectivity index (χ4n) is 2.69. The van der Waals surface area contributed by atoms with Gasteiger partial charge in [0, 0.05) is 11.3 Å². The standard InChI is InChI=1S/C22H22N2O4S/c1-15-4-8-17(9-5-15)22(25)23-20-14-19(12-13-21(20)28-3)29(26,27)24-18-10-6-16(2)7-11-18/h4-14,24H,1-3H3,(H,23,25). The Kier molecular flexibility index (Phi) is 5.89. The van der Waals surface area contributed by atoms with Gasteiger partial charge >= 0.3 is 0 Å².